The molecule has 2 rings (SSSR count). The Kier molecular flexibility index (Phi) is 3.53. The van der Waals surface area contributed by atoms with E-state index in [9.17, 15) is 4.39 Å². The molecule has 3 N–H and O–H groups in total. The molecule has 0 amide bonds. The van der Waals surface area contributed by atoms with Crippen molar-refractivity contribution in [1.82, 2.24) is 5.43 Å². The fourth-order valence-corrected chi connectivity index (χ4v) is 2.20. The van der Waals surface area contributed by atoms with E-state index >= 15 is 0 Å². The molecule has 4 heteroatoms. The standard InChI is InChI=1S/C12H17FN2O/c1-8-6-7-11(16-8)12(15-14)9-4-2-3-5-10(9)13/h2-5,8,11-12,15H,6-7,14H2,1H3. The van der Waals surface area contributed by atoms with E-state index in [-0.39, 0.29) is 24.1 Å². The Hall–Kier alpha value is -0.970. The second-order valence-corrected chi connectivity index (χ2v) is 4.23. The van der Waals surface area contributed by atoms with Crippen molar-refractivity contribution in [3.8, 4) is 0 Å². The molecule has 16 heavy (non-hydrogen) atoms. The van der Waals surface area contributed by atoms with Gasteiger partial charge in [0.25, 0.3) is 0 Å². The Morgan fingerprint density at radius 3 is 2.75 bits per heavy atom. The summed E-state index contributed by atoms with van der Waals surface area (Å²) < 4.78 is 19.3. The maximum absolute atomic E-state index is 13.6. The largest absolute Gasteiger partial charge is 0.373 e. The van der Waals surface area contributed by atoms with Crippen LogP contribution < -0.4 is 11.3 Å². The van der Waals surface area contributed by atoms with Gasteiger partial charge in [-0.15, -0.1) is 0 Å². The van der Waals surface area contributed by atoms with Crippen molar-refractivity contribution in [2.24, 2.45) is 5.84 Å². The van der Waals surface area contributed by atoms with Gasteiger partial charge in [0.1, 0.15) is 5.82 Å². The first-order valence-electron chi connectivity index (χ1n) is 5.58. The molecular weight excluding hydrogens is 207 g/mol. The third kappa shape index (κ3) is 2.24. The zero-order chi connectivity index (χ0) is 11.5. The molecule has 0 aromatic heterocycles. The summed E-state index contributed by atoms with van der Waals surface area (Å²) in [5.41, 5.74) is 3.23. The molecule has 1 aliphatic rings. The zero-order valence-corrected chi connectivity index (χ0v) is 9.32. The van der Waals surface area contributed by atoms with Crippen LogP contribution in [-0.2, 0) is 4.74 Å². The lowest BCUT2D eigenvalue weighted by atomic mass is 9.99. The summed E-state index contributed by atoms with van der Waals surface area (Å²) in [4.78, 5) is 0. The van der Waals surface area contributed by atoms with Crippen molar-refractivity contribution in [2.75, 3.05) is 0 Å². The highest BCUT2D eigenvalue weighted by molar-refractivity contribution is 5.22. The minimum Gasteiger partial charge on any atom is -0.373 e. The average molecular weight is 224 g/mol. The third-order valence-electron chi connectivity index (χ3n) is 3.06. The number of rotatable bonds is 3. The first kappa shape index (κ1) is 11.5. The molecule has 0 aliphatic carbocycles. The van der Waals surface area contributed by atoms with Crippen LogP contribution in [0.1, 0.15) is 31.4 Å². The summed E-state index contributed by atoms with van der Waals surface area (Å²) in [5.74, 6) is 5.26. The molecule has 0 bridgehead atoms. The van der Waals surface area contributed by atoms with Crippen LogP contribution in [0.4, 0.5) is 4.39 Å². The van der Waals surface area contributed by atoms with Gasteiger partial charge < -0.3 is 4.74 Å². The normalized spacial score (nSPS) is 26.9. The van der Waals surface area contributed by atoms with Gasteiger partial charge in [0.15, 0.2) is 0 Å². The number of hydrogen-bond acceptors (Lipinski definition) is 3. The maximum Gasteiger partial charge on any atom is 0.128 e. The molecule has 1 aromatic rings. The minimum absolute atomic E-state index is 0.0445. The van der Waals surface area contributed by atoms with E-state index in [4.69, 9.17) is 10.6 Å². The zero-order valence-electron chi connectivity index (χ0n) is 9.32. The molecule has 1 heterocycles. The number of nitrogens with one attached hydrogen (secondary N) is 1. The van der Waals surface area contributed by atoms with E-state index in [0.717, 1.165) is 12.8 Å². The average Bonchev–Trinajstić information content (AvgIpc) is 2.69. The molecule has 1 aliphatic heterocycles. The van der Waals surface area contributed by atoms with E-state index in [1.807, 2.05) is 6.92 Å². The summed E-state index contributed by atoms with van der Waals surface area (Å²) in [6.07, 6.45) is 2.09. The van der Waals surface area contributed by atoms with Gasteiger partial charge in [-0.1, -0.05) is 18.2 Å². The topological polar surface area (TPSA) is 47.3 Å². The molecule has 0 radical (unpaired) electrons. The van der Waals surface area contributed by atoms with E-state index in [2.05, 4.69) is 5.43 Å². The van der Waals surface area contributed by atoms with Gasteiger partial charge in [-0.05, 0) is 25.8 Å². The van der Waals surface area contributed by atoms with E-state index in [0.29, 0.717) is 5.56 Å². The summed E-state index contributed by atoms with van der Waals surface area (Å²) in [6, 6.07) is 6.39. The van der Waals surface area contributed by atoms with Gasteiger partial charge in [-0.2, -0.15) is 0 Å². The van der Waals surface area contributed by atoms with Gasteiger partial charge in [0, 0.05) is 5.56 Å². The second-order valence-electron chi connectivity index (χ2n) is 4.23. The number of nitrogens with two attached hydrogens (primary N) is 1. The molecule has 1 saturated heterocycles. The lowest BCUT2D eigenvalue weighted by molar-refractivity contribution is 0.0308. The fraction of sp³-hybridized carbons (Fsp3) is 0.500. The lowest BCUT2D eigenvalue weighted by Crippen LogP contribution is -2.37. The number of ether oxygens (including phenoxy) is 1. The van der Waals surface area contributed by atoms with Gasteiger partial charge in [-0.3, -0.25) is 11.3 Å². The van der Waals surface area contributed by atoms with Crippen molar-refractivity contribution in [1.29, 1.82) is 0 Å². The molecule has 1 aromatic carbocycles. The van der Waals surface area contributed by atoms with Gasteiger partial charge in [-0.25, -0.2) is 4.39 Å². The SMILES string of the molecule is CC1CCC(C(NN)c2ccccc2F)O1. The van der Waals surface area contributed by atoms with E-state index in [1.165, 1.54) is 6.07 Å². The molecule has 3 nitrogen and oxygen atoms in total. The van der Waals surface area contributed by atoms with Crippen LogP contribution in [0.3, 0.4) is 0 Å². The molecule has 3 atom stereocenters. The summed E-state index contributed by atoms with van der Waals surface area (Å²) in [5, 5.41) is 0. The highest BCUT2D eigenvalue weighted by Crippen LogP contribution is 2.30. The first-order chi connectivity index (χ1) is 7.72. The smallest absolute Gasteiger partial charge is 0.128 e. The van der Waals surface area contributed by atoms with Gasteiger partial charge in [0.05, 0.1) is 18.2 Å². The monoisotopic (exact) mass is 224 g/mol. The van der Waals surface area contributed by atoms with Crippen molar-refractivity contribution in [2.45, 2.75) is 38.0 Å². The van der Waals surface area contributed by atoms with Crippen molar-refractivity contribution in [3.63, 3.8) is 0 Å². The molecule has 88 valence electrons. The summed E-state index contributed by atoms with van der Waals surface area (Å²) in [6.45, 7) is 2.02. The summed E-state index contributed by atoms with van der Waals surface area (Å²) in [7, 11) is 0. The minimum atomic E-state index is -0.272. The Morgan fingerprint density at radius 1 is 1.44 bits per heavy atom. The van der Waals surface area contributed by atoms with Crippen molar-refractivity contribution >= 4 is 0 Å². The number of benzene rings is 1. The lowest BCUT2D eigenvalue weighted by Gasteiger charge is -2.23. The van der Waals surface area contributed by atoms with Crippen LogP contribution in [-0.4, -0.2) is 12.2 Å². The Labute approximate surface area is 94.8 Å². The van der Waals surface area contributed by atoms with Crippen LogP contribution in [0, 0.1) is 5.82 Å². The van der Waals surface area contributed by atoms with Gasteiger partial charge >= 0.3 is 0 Å². The second kappa shape index (κ2) is 4.91. The number of hydrazine groups is 1. The highest BCUT2D eigenvalue weighted by Gasteiger charge is 2.31. The number of halogens is 1. The van der Waals surface area contributed by atoms with Crippen molar-refractivity contribution in [3.05, 3.63) is 35.6 Å². The predicted octanol–water partition coefficient (Wildman–Crippen LogP) is 1.90. The first-order valence-corrected chi connectivity index (χ1v) is 5.58. The fourth-order valence-electron chi connectivity index (χ4n) is 2.20. The van der Waals surface area contributed by atoms with E-state index in [1.54, 1.807) is 18.2 Å². The van der Waals surface area contributed by atoms with Crippen LogP contribution in [0.15, 0.2) is 24.3 Å². The van der Waals surface area contributed by atoms with Crippen LogP contribution in [0.5, 0.6) is 0 Å². The third-order valence-corrected chi connectivity index (χ3v) is 3.06. The molecule has 1 fully saturated rings. The Bertz CT molecular complexity index is 359. The Morgan fingerprint density at radius 2 is 2.19 bits per heavy atom. The van der Waals surface area contributed by atoms with E-state index < -0.39 is 0 Å². The van der Waals surface area contributed by atoms with Gasteiger partial charge in [0.2, 0.25) is 0 Å². The quantitative estimate of drug-likeness (QED) is 0.609. The molecule has 3 unspecified atom stereocenters. The highest BCUT2D eigenvalue weighted by atomic mass is 19.1. The van der Waals surface area contributed by atoms with Crippen molar-refractivity contribution < 1.29 is 9.13 Å². The molecular formula is C12H17FN2O. The molecule has 0 saturated carbocycles. The van der Waals surface area contributed by atoms with Crippen LogP contribution >= 0.6 is 0 Å². The predicted molar refractivity (Wildman–Crippen MR) is 60.0 cm³/mol. The van der Waals surface area contributed by atoms with Crippen LogP contribution in [0.25, 0.3) is 0 Å². The maximum atomic E-state index is 13.6. The number of hydrogen-bond donors (Lipinski definition) is 2. The summed E-state index contributed by atoms with van der Waals surface area (Å²) >= 11 is 0. The molecule has 0 spiro atoms. The Balaban J connectivity index is 2.19. The van der Waals surface area contributed by atoms with Crippen LogP contribution in [0.2, 0.25) is 0 Å².